The Labute approximate surface area is 110 Å². The minimum absolute atomic E-state index is 0.0898. The smallest absolute Gasteiger partial charge is 0.0604 e. The topological polar surface area (TPSA) is 26.7 Å². The van der Waals surface area contributed by atoms with Gasteiger partial charge < -0.3 is 10.0 Å². The number of nitrogens with zero attached hydrogens (tertiary/aromatic N) is 2. The van der Waals surface area contributed by atoms with E-state index in [4.69, 9.17) is 0 Å². The van der Waals surface area contributed by atoms with Crippen LogP contribution in [0, 0.1) is 6.92 Å². The van der Waals surface area contributed by atoms with Crippen LogP contribution in [0.25, 0.3) is 0 Å². The molecule has 0 aliphatic carbocycles. The van der Waals surface area contributed by atoms with Crippen molar-refractivity contribution in [1.29, 1.82) is 0 Å². The van der Waals surface area contributed by atoms with Crippen molar-refractivity contribution < 1.29 is 5.11 Å². The number of aliphatic hydroxyl groups excluding tert-OH is 1. The Kier molecular flexibility index (Phi) is 3.64. The summed E-state index contributed by atoms with van der Waals surface area (Å²) in [6, 6.07) is 8.71. The van der Waals surface area contributed by atoms with Crippen molar-refractivity contribution in [2.75, 3.05) is 31.6 Å². The monoisotopic (exact) mass is 248 g/mol. The molecule has 0 spiro atoms. The maximum Gasteiger partial charge on any atom is 0.0604 e. The molecule has 18 heavy (non-hydrogen) atoms. The zero-order chi connectivity index (χ0) is 13.3. The van der Waals surface area contributed by atoms with Gasteiger partial charge in [0.25, 0.3) is 0 Å². The summed E-state index contributed by atoms with van der Waals surface area (Å²) in [6.45, 7) is 8.75. The van der Waals surface area contributed by atoms with E-state index in [9.17, 15) is 5.11 Å². The van der Waals surface area contributed by atoms with Crippen LogP contribution in [0.3, 0.4) is 0 Å². The fourth-order valence-electron chi connectivity index (χ4n) is 2.91. The molecule has 1 aliphatic heterocycles. The van der Waals surface area contributed by atoms with E-state index < -0.39 is 0 Å². The summed E-state index contributed by atoms with van der Waals surface area (Å²) in [5.74, 6) is 0. The maximum absolute atomic E-state index is 9.50. The number of aryl methyl sites for hydroxylation is 1. The zero-order valence-corrected chi connectivity index (χ0v) is 11.8. The van der Waals surface area contributed by atoms with Crippen LogP contribution in [0.2, 0.25) is 0 Å². The standard InChI is InChI=1S/C15H24N2O/c1-12-7-5-6-8-14(12)17-9-13(10-18)16(4)11-15(17,2)3/h5-8,13,18H,9-11H2,1-4H3. The molecule has 0 aromatic heterocycles. The Hall–Kier alpha value is -1.06. The molecule has 0 amide bonds. The number of para-hydroxylation sites is 1. The molecule has 2 rings (SSSR count). The minimum Gasteiger partial charge on any atom is -0.395 e. The van der Waals surface area contributed by atoms with Crippen LogP contribution in [0.5, 0.6) is 0 Å². The quantitative estimate of drug-likeness (QED) is 0.866. The van der Waals surface area contributed by atoms with E-state index in [-0.39, 0.29) is 18.2 Å². The molecule has 100 valence electrons. The highest BCUT2D eigenvalue weighted by atomic mass is 16.3. The van der Waals surface area contributed by atoms with Crippen LogP contribution in [0.4, 0.5) is 5.69 Å². The van der Waals surface area contributed by atoms with Gasteiger partial charge in [-0.05, 0) is 39.4 Å². The summed E-state index contributed by atoms with van der Waals surface area (Å²) in [6.07, 6.45) is 0. The highest BCUT2D eigenvalue weighted by molar-refractivity contribution is 5.55. The lowest BCUT2D eigenvalue weighted by molar-refractivity contribution is 0.0980. The van der Waals surface area contributed by atoms with Crippen molar-refractivity contribution in [1.82, 2.24) is 4.90 Å². The highest BCUT2D eigenvalue weighted by Gasteiger charge is 2.37. The van der Waals surface area contributed by atoms with E-state index in [0.29, 0.717) is 0 Å². The highest BCUT2D eigenvalue weighted by Crippen LogP contribution is 2.31. The lowest BCUT2D eigenvalue weighted by Crippen LogP contribution is -2.63. The molecule has 1 aromatic carbocycles. The first-order valence-corrected chi connectivity index (χ1v) is 6.60. The lowest BCUT2D eigenvalue weighted by atomic mass is 9.94. The first-order valence-electron chi connectivity index (χ1n) is 6.60. The fourth-order valence-corrected chi connectivity index (χ4v) is 2.91. The van der Waals surface area contributed by atoms with Crippen molar-refractivity contribution in [2.45, 2.75) is 32.4 Å². The molecule has 1 atom stereocenters. The van der Waals surface area contributed by atoms with Crippen molar-refractivity contribution in [2.24, 2.45) is 0 Å². The van der Waals surface area contributed by atoms with Crippen LogP contribution in [0.15, 0.2) is 24.3 Å². The van der Waals surface area contributed by atoms with Crippen LogP contribution < -0.4 is 4.90 Å². The first-order chi connectivity index (χ1) is 8.45. The number of hydrogen-bond acceptors (Lipinski definition) is 3. The zero-order valence-electron chi connectivity index (χ0n) is 11.8. The van der Waals surface area contributed by atoms with Crippen LogP contribution in [-0.2, 0) is 0 Å². The van der Waals surface area contributed by atoms with Crippen molar-refractivity contribution in [3.63, 3.8) is 0 Å². The van der Waals surface area contributed by atoms with Gasteiger partial charge in [-0.15, -0.1) is 0 Å². The number of hydrogen-bond donors (Lipinski definition) is 1. The molecular weight excluding hydrogens is 224 g/mol. The van der Waals surface area contributed by atoms with Gasteiger partial charge >= 0.3 is 0 Å². The average Bonchev–Trinajstić information content (AvgIpc) is 2.30. The molecule has 0 radical (unpaired) electrons. The van der Waals surface area contributed by atoms with Gasteiger partial charge in [0.15, 0.2) is 0 Å². The molecule has 1 saturated heterocycles. The summed E-state index contributed by atoms with van der Waals surface area (Å²) < 4.78 is 0. The second-order valence-electron chi connectivity index (χ2n) is 5.96. The van der Waals surface area contributed by atoms with Crippen molar-refractivity contribution in [3.05, 3.63) is 29.8 Å². The van der Waals surface area contributed by atoms with Crippen LogP contribution in [-0.4, -0.2) is 48.3 Å². The van der Waals surface area contributed by atoms with E-state index in [1.807, 2.05) is 0 Å². The summed E-state index contributed by atoms with van der Waals surface area (Å²) in [5, 5.41) is 9.50. The van der Waals surface area contributed by atoms with Crippen LogP contribution >= 0.6 is 0 Å². The number of benzene rings is 1. The van der Waals surface area contributed by atoms with E-state index >= 15 is 0 Å². The minimum atomic E-state index is 0.0898. The van der Waals surface area contributed by atoms with Gasteiger partial charge in [-0.1, -0.05) is 18.2 Å². The van der Waals surface area contributed by atoms with Gasteiger partial charge in [0.1, 0.15) is 0 Å². The van der Waals surface area contributed by atoms with Crippen LogP contribution in [0.1, 0.15) is 19.4 Å². The SMILES string of the molecule is Cc1ccccc1N1CC(CO)N(C)CC1(C)C. The molecule has 0 bridgehead atoms. The van der Waals surface area contributed by atoms with Gasteiger partial charge in [-0.2, -0.15) is 0 Å². The third kappa shape index (κ3) is 2.38. The van der Waals surface area contributed by atoms with Gasteiger partial charge in [-0.3, -0.25) is 4.90 Å². The second kappa shape index (κ2) is 4.90. The molecule has 1 fully saturated rings. The Bertz CT molecular complexity index is 417. The summed E-state index contributed by atoms with van der Waals surface area (Å²) in [7, 11) is 2.10. The largest absolute Gasteiger partial charge is 0.395 e. The second-order valence-corrected chi connectivity index (χ2v) is 5.96. The fraction of sp³-hybridized carbons (Fsp3) is 0.600. The van der Waals surface area contributed by atoms with E-state index in [1.54, 1.807) is 0 Å². The lowest BCUT2D eigenvalue weighted by Gasteiger charge is -2.51. The average molecular weight is 248 g/mol. The van der Waals surface area contributed by atoms with Gasteiger partial charge in [0.2, 0.25) is 0 Å². The molecule has 3 heteroatoms. The predicted molar refractivity (Wildman–Crippen MR) is 76.1 cm³/mol. The number of aliphatic hydroxyl groups is 1. The first kappa shape index (κ1) is 13.4. The van der Waals surface area contributed by atoms with E-state index in [0.717, 1.165) is 13.1 Å². The van der Waals surface area contributed by atoms with E-state index in [2.05, 4.69) is 61.9 Å². The number of anilines is 1. The third-order valence-electron chi connectivity index (χ3n) is 4.00. The molecule has 3 nitrogen and oxygen atoms in total. The Morgan fingerprint density at radius 1 is 1.33 bits per heavy atom. The predicted octanol–water partition coefficient (Wildman–Crippen LogP) is 1.89. The Balaban J connectivity index is 2.33. The molecule has 1 heterocycles. The molecule has 1 aromatic rings. The van der Waals surface area contributed by atoms with E-state index in [1.165, 1.54) is 11.3 Å². The molecule has 0 saturated carbocycles. The maximum atomic E-state index is 9.50. The molecule has 1 N–H and O–H groups in total. The van der Waals surface area contributed by atoms with Gasteiger partial charge in [-0.25, -0.2) is 0 Å². The van der Waals surface area contributed by atoms with Crippen molar-refractivity contribution in [3.8, 4) is 0 Å². The Morgan fingerprint density at radius 2 is 2.00 bits per heavy atom. The van der Waals surface area contributed by atoms with Gasteiger partial charge in [0, 0.05) is 24.3 Å². The number of likely N-dealkylation sites (N-methyl/N-ethyl adjacent to an activating group) is 1. The third-order valence-corrected chi connectivity index (χ3v) is 4.00. The normalized spacial score (nSPS) is 24.3. The van der Waals surface area contributed by atoms with Crippen molar-refractivity contribution >= 4 is 5.69 Å². The molecule has 1 aliphatic rings. The number of piperazine rings is 1. The molecular formula is C15H24N2O. The summed E-state index contributed by atoms with van der Waals surface area (Å²) in [5.41, 5.74) is 2.67. The summed E-state index contributed by atoms with van der Waals surface area (Å²) >= 11 is 0. The number of rotatable bonds is 2. The summed E-state index contributed by atoms with van der Waals surface area (Å²) in [4.78, 5) is 4.69. The van der Waals surface area contributed by atoms with Gasteiger partial charge in [0.05, 0.1) is 12.6 Å². The Morgan fingerprint density at radius 3 is 2.61 bits per heavy atom. The molecule has 1 unspecified atom stereocenters.